The van der Waals surface area contributed by atoms with Crippen LogP contribution in [-0.2, 0) is 14.3 Å². The maximum atomic E-state index is 12.5. The summed E-state index contributed by atoms with van der Waals surface area (Å²) in [5.41, 5.74) is 6.30. The second-order valence-corrected chi connectivity index (χ2v) is 6.17. The SMILES string of the molecule is COC(c1ccc(Cl)cc1)C(C)NC(=O)C1(N)CCOCC1.Cl. The van der Waals surface area contributed by atoms with Crippen LogP contribution in [0.2, 0.25) is 5.02 Å². The van der Waals surface area contributed by atoms with Gasteiger partial charge in [-0.1, -0.05) is 23.7 Å². The number of hydrogen-bond acceptors (Lipinski definition) is 4. The van der Waals surface area contributed by atoms with Crippen LogP contribution in [0.25, 0.3) is 0 Å². The van der Waals surface area contributed by atoms with Gasteiger partial charge in [-0.2, -0.15) is 0 Å². The van der Waals surface area contributed by atoms with Gasteiger partial charge in [0.2, 0.25) is 5.91 Å². The highest BCUT2D eigenvalue weighted by atomic mass is 35.5. The average molecular weight is 363 g/mol. The number of hydrogen-bond donors (Lipinski definition) is 2. The van der Waals surface area contributed by atoms with Gasteiger partial charge in [0, 0.05) is 25.3 Å². The highest BCUT2D eigenvalue weighted by Gasteiger charge is 2.37. The number of carbonyl (C=O) groups excluding carboxylic acids is 1. The Morgan fingerprint density at radius 3 is 2.43 bits per heavy atom. The van der Waals surface area contributed by atoms with E-state index in [0.29, 0.717) is 31.1 Å². The molecule has 1 aliphatic rings. The van der Waals surface area contributed by atoms with Crippen LogP contribution in [0.5, 0.6) is 0 Å². The number of nitrogens with two attached hydrogens (primary N) is 1. The van der Waals surface area contributed by atoms with E-state index in [1.54, 1.807) is 19.2 Å². The largest absolute Gasteiger partial charge is 0.381 e. The minimum Gasteiger partial charge on any atom is -0.381 e. The Bertz CT molecular complexity index is 505. The van der Waals surface area contributed by atoms with E-state index >= 15 is 0 Å². The molecule has 5 nitrogen and oxygen atoms in total. The van der Waals surface area contributed by atoms with Crippen molar-refractivity contribution in [1.29, 1.82) is 0 Å². The Labute approximate surface area is 148 Å². The first-order chi connectivity index (χ1) is 10.5. The fraction of sp³-hybridized carbons (Fsp3) is 0.562. The van der Waals surface area contributed by atoms with E-state index in [0.717, 1.165) is 5.56 Å². The summed E-state index contributed by atoms with van der Waals surface area (Å²) in [4.78, 5) is 12.5. The van der Waals surface area contributed by atoms with Gasteiger partial charge in [-0.25, -0.2) is 0 Å². The number of ether oxygens (including phenoxy) is 2. The van der Waals surface area contributed by atoms with E-state index in [1.807, 2.05) is 19.1 Å². The van der Waals surface area contributed by atoms with Crippen molar-refractivity contribution >= 4 is 29.9 Å². The molecule has 0 spiro atoms. The number of amides is 1. The van der Waals surface area contributed by atoms with Crippen LogP contribution in [-0.4, -0.2) is 37.8 Å². The summed E-state index contributed by atoms with van der Waals surface area (Å²) < 4.78 is 10.8. The second-order valence-electron chi connectivity index (χ2n) is 5.74. The molecule has 1 aromatic rings. The number of nitrogens with one attached hydrogen (secondary N) is 1. The molecule has 1 aromatic carbocycles. The van der Waals surface area contributed by atoms with Crippen LogP contribution in [0.4, 0.5) is 0 Å². The minimum atomic E-state index is -0.856. The molecule has 1 fully saturated rings. The van der Waals surface area contributed by atoms with Crippen molar-refractivity contribution < 1.29 is 14.3 Å². The summed E-state index contributed by atoms with van der Waals surface area (Å²) in [7, 11) is 1.62. The molecule has 0 bridgehead atoms. The van der Waals surface area contributed by atoms with Gasteiger partial charge in [0.25, 0.3) is 0 Å². The lowest BCUT2D eigenvalue weighted by atomic mass is 9.89. The van der Waals surface area contributed by atoms with E-state index < -0.39 is 5.54 Å². The number of methoxy groups -OCH3 is 1. The quantitative estimate of drug-likeness (QED) is 0.843. The number of halogens is 2. The van der Waals surface area contributed by atoms with Crippen molar-refractivity contribution in [1.82, 2.24) is 5.32 Å². The van der Waals surface area contributed by atoms with E-state index in [9.17, 15) is 4.79 Å². The van der Waals surface area contributed by atoms with E-state index in [1.165, 1.54) is 0 Å². The molecule has 2 rings (SSSR count). The Kier molecular flexibility index (Phi) is 7.77. The molecule has 0 aromatic heterocycles. The molecule has 1 aliphatic heterocycles. The van der Waals surface area contributed by atoms with Crippen LogP contribution in [0.1, 0.15) is 31.4 Å². The summed E-state index contributed by atoms with van der Waals surface area (Å²) in [6.45, 7) is 2.94. The van der Waals surface area contributed by atoms with Gasteiger partial charge in [-0.05, 0) is 37.5 Å². The van der Waals surface area contributed by atoms with Crippen LogP contribution in [0.3, 0.4) is 0 Å². The molecular weight excluding hydrogens is 339 g/mol. The maximum Gasteiger partial charge on any atom is 0.240 e. The fourth-order valence-electron chi connectivity index (χ4n) is 2.67. The first-order valence-electron chi connectivity index (χ1n) is 7.42. The van der Waals surface area contributed by atoms with E-state index in [-0.39, 0.29) is 30.5 Å². The zero-order valence-electron chi connectivity index (χ0n) is 13.4. The molecule has 1 heterocycles. The number of carbonyl (C=O) groups is 1. The third-order valence-electron chi connectivity index (χ3n) is 4.10. The maximum absolute atomic E-state index is 12.5. The molecule has 1 saturated heterocycles. The van der Waals surface area contributed by atoms with Gasteiger partial charge in [-0.15, -0.1) is 12.4 Å². The number of benzene rings is 1. The lowest BCUT2D eigenvalue weighted by Crippen LogP contribution is -2.59. The molecule has 0 radical (unpaired) electrons. The molecule has 7 heteroatoms. The van der Waals surface area contributed by atoms with Crippen molar-refractivity contribution in [2.75, 3.05) is 20.3 Å². The normalized spacial score (nSPS) is 19.3. The zero-order valence-corrected chi connectivity index (χ0v) is 15.0. The van der Waals surface area contributed by atoms with Crippen molar-refractivity contribution in [3.8, 4) is 0 Å². The Morgan fingerprint density at radius 1 is 1.35 bits per heavy atom. The molecular formula is C16H24Cl2N2O3. The van der Waals surface area contributed by atoms with Gasteiger partial charge < -0.3 is 20.5 Å². The third-order valence-corrected chi connectivity index (χ3v) is 4.35. The lowest BCUT2D eigenvalue weighted by Gasteiger charge is -2.34. The standard InChI is InChI=1S/C16H23ClN2O3.ClH/c1-11(14(21-2)12-3-5-13(17)6-4-12)19-15(20)16(18)7-9-22-10-8-16;/h3-6,11,14H,7-10,18H2,1-2H3,(H,19,20);1H. The molecule has 0 saturated carbocycles. The van der Waals surface area contributed by atoms with Crippen molar-refractivity contribution in [2.24, 2.45) is 5.73 Å². The smallest absolute Gasteiger partial charge is 0.240 e. The molecule has 2 unspecified atom stereocenters. The topological polar surface area (TPSA) is 73.6 Å². The third kappa shape index (κ3) is 5.06. The molecule has 3 N–H and O–H groups in total. The fourth-order valence-corrected chi connectivity index (χ4v) is 2.80. The Morgan fingerprint density at radius 2 is 1.91 bits per heavy atom. The molecule has 1 amide bonds. The molecule has 130 valence electrons. The van der Waals surface area contributed by atoms with Gasteiger partial charge in [0.05, 0.1) is 11.6 Å². The number of rotatable bonds is 5. The first kappa shape index (κ1) is 20.2. The highest BCUT2D eigenvalue weighted by Crippen LogP contribution is 2.24. The summed E-state index contributed by atoms with van der Waals surface area (Å²) in [6.07, 6.45) is 0.804. The molecule has 0 aliphatic carbocycles. The predicted molar refractivity (Wildman–Crippen MR) is 93.0 cm³/mol. The second kappa shape index (κ2) is 8.85. The average Bonchev–Trinajstić information content (AvgIpc) is 2.50. The molecule has 23 heavy (non-hydrogen) atoms. The summed E-state index contributed by atoms with van der Waals surface area (Å²) in [5.74, 6) is -0.153. The van der Waals surface area contributed by atoms with Gasteiger partial charge in [0.1, 0.15) is 6.10 Å². The lowest BCUT2D eigenvalue weighted by molar-refractivity contribution is -0.131. The molecule has 2 atom stereocenters. The monoisotopic (exact) mass is 362 g/mol. The van der Waals surface area contributed by atoms with Crippen molar-refractivity contribution in [2.45, 2.75) is 37.5 Å². The van der Waals surface area contributed by atoms with Crippen molar-refractivity contribution in [3.63, 3.8) is 0 Å². The van der Waals surface area contributed by atoms with Crippen LogP contribution in [0, 0.1) is 0 Å². The van der Waals surface area contributed by atoms with E-state index in [4.69, 9.17) is 26.8 Å². The van der Waals surface area contributed by atoms with Gasteiger partial charge >= 0.3 is 0 Å². The van der Waals surface area contributed by atoms with Crippen LogP contribution < -0.4 is 11.1 Å². The predicted octanol–water partition coefficient (Wildman–Crippen LogP) is 2.46. The highest BCUT2D eigenvalue weighted by molar-refractivity contribution is 6.30. The van der Waals surface area contributed by atoms with Crippen molar-refractivity contribution in [3.05, 3.63) is 34.9 Å². The van der Waals surface area contributed by atoms with Crippen LogP contribution in [0.15, 0.2) is 24.3 Å². The van der Waals surface area contributed by atoms with Crippen LogP contribution >= 0.6 is 24.0 Å². The summed E-state index contributed by atoms with van der Waals surface area (Å²) in [6, 6.07) is 7.19. The zero-order chi connectivity index (χ0) is 16.2. The first-order valence-corrected chi connectivity index (χ1v) is 7.80. The summed E-state index contributed by atoms with van der Waals surface area (Å²) in [5, 5.41) is 3.64. The summed E-state index contributed by atoms with van der Waals surface area (Å²) >= 11 is 5.90. The minimum absolute atomic E-state index is 0. The van der Waals surface area contributed by atoms with E-state index in [2.05, 4.69) is 5.32 Å². The Hall–Kier alpha value is -0.850. The van der Waals surface area contributed by atoms with Gasteiger partial charge in [0.15, 0.2) is 0 Å². The Balaban J connectivity index is 0.00000264. The van der Waals surface area contributed by atoms with Gasteiger partial charge in [-0.3, -0.25) is 4.79 Å².